The Labute approximate surface area is 97.8 Å². The fraction of sp³-hybridized carbons (Fsp3) is 0.917. The van der Waals surface area contributed by atoms with E-state index < -0.39 is 0 Å². The lowest BCUT2D eigenvalue weighted by molar-refractivity contribution is -0.136. The second kappa shape index (κ2) is 5.15. The van der Waals surface area contributed by atoms with Gasteiger partial charge in [-0.3, -0.25) is 4.79 Å². The standard InChI is InChI=1S/C12H23N3O/c1-13-7-10-15-8-4-12(5-9-15)3-2-6-14-11(12)16/h13H,2-10H2,1H3,(H,14,16). The van der Waals surface area contributed by atoms with Crippen molar-refractivity contribution >= 4 is 5.91 Å². The molecule has 2 aliphatic heterocycles. The molecule has 0 unspecified atom stereocenters. The lowest BCUT2D eigenvalue weighted by Gasteiger charge is -2.42. The maximum atomic E-state index is 11.9. The molecule has 2 N–H and O–H groups in total. The van der Waals surface area contributed by atoms with E-state index in [1.807, 2.05) is 7.05 Å². The van der Waals surface area contributed by atoms with Crippen molar-refractivity contribution in [1.82, 2.24) is 15.5 Å². The zero-order chi connectivity index (χ0) is 11.4. The van der Waals surface area contributed by atoms with Crippen molar-refractivity contribution in [3.05, 3.63) is 0 Å². The van der Waals surface area contributed by atoms with Crippen molar-refractivity contribution in [2.45, 2.75) is 25.7 Å². The Morgan fingerprint density at radius 1 is 1.38 bits per heavy atom. The third-order valence-corrected chi connectivity index (χ3v) is 4.09. The summed E-state index contributed by atoms with van der Waals surface area (Å²) in [7, 11) is 1.99. The third kappa shape index (κ3) is 2.38. The van der Waals surface area contributed by atoms with Crippen molar-refractivity contribution in [3.63, 3.8) is 0 Å². The number of piperidine rings is 2. The average Bonchev–Trinajstić information content (AvgIpc) is 2.32. The van der Waals surface area contributed by atoms with Gasteiger partial charge in [-0.2, -0.15) is 0 Å². The zero-order valence-corrected chi connectivity index (χ0v) is 10.2. The van der Waals surface area contributed by atoms with Gasteiger partial charge in [0, 0.05) is 19.6 Å². The van der Waals surface area contributed by atoms with Gasteiger partial charge in [0.15, 0.2) is 0 Å². The summed E-state index contributed by atoms with van der Waals surface area (Å²) in [6.45, 7) is 5.18. The fourth-order valence-electron chi connectivity index (χ4n) is 2.88. The first-order chi connectivity index (χ1) is 7.77. The highest BCUT2D eigenvalue weighted by Crippen LogP contribution is 2.37. The number of likely N-dealkylation sites (tertiary alicyclic amines) is 1. The summed E-state index contributed by atoms with van der Waals surface area (Å²) < 4.78 is 0. The van der Waals surface area contributed by atoms with Gasteiger partial charge >= 0.3 is 0 Å². The number of carbonyl (C=O) groups excluding carboxylic acids is 1. The smallest absolute Gasteiger partial charge is 0.226 e. The van der Waals surface area contributed by atoms with E-state index in [1.54, 1.807) is 0 Å². The van der Waals surface area contributed by atoms with Crippen LogP contribution >= 0.6 is 0 Å². The van der Waals surface area contributed by atoms with E-state index in [-0.39, 0.29) is 5.41 Å². The molecule has 1 spiro atoms. The highest BCUT2D eigenvalue weighted by molar-refractivity contribution is 5.83. The molecule has 2 rings (SSSR count). The quantitative estimate of drug-likeness (QED) is 0.721. The van der Waals surface area contributed by atoms with Gasteiger partial charge in [0.1, 0.15) is 0 Å². The molecule has 1 amide bonds. The molecule has 0 saturated carbocycles. The normalized spacial score (nSPS) is 25.7. The van der Waals surface area contributed by atoms with Crippen LogP contribution < -0.4 is 10.6 Å². The Hall–Kier alpha value is -0.610. The van der Waals surface area contributed by atoms with Crippen LogP contribution in [0.5, 0.6) is 0 Å². The zero-order valence-electron chi connectivity index (χ0n) is 10.2. The summed E-state index contributed by atoms with van der Waals surface area (Å²) in [6.07, 6.45) is 4.34. The van der Waals surface area contributed by atoms with Crippen LogP contribution in [0.25, 0.3) is 0 Å². The molecule has 0 aromatic heterocycles. The number of rotatable bonds is 3. The van der Waals surface area contributed by atoms with E-state index in [9.17, 15) is 4.79 Å². The number of hydrogen-bond acceptors (Lipinski definition) is 3. The minimum atomic E-state index is -0.0195. The molecule has 92 valence electrons. The SMILES string of the molecule is CNCCN1CCC2(CCCNC2=O)CC1. The number of nitrogens with zero attached hydrogens (tertiary/aromatic N) is 1. The second-order valence-corrected chi connectivity index (χ2v) is 5.08. The Morgan fingerprint density at radius 2 is 2.12 bits per heavy atom. The van der Waals surface area contributed by atoms with Gasteiger partial charge < -0.3 is 15.5 Å². The summed E-state index contributed by atoms with van der Waals surface area (Å²) in [6, 6.07) is 0. The highest BCUT2D eigenvalue weighted by Gasteiger charge is 2.42. The minimum absolute atomic E-state index is 0.0195. The number of amides is 1. The van der Waals surface area contributed by atoms with Gasteiger partial charge in [-0.1, -0.05) is 0 Å². The second-order valence-electron chi connectivity index (χ2n) is 5.08. The molecular weight excluding hydrogens is 202 g/mol. The summed E-state index contributed by atoms with van der Waals surface area (Å²) in [4.78, 5) is 14.4. The van der Waals surface area contributed by atoms with Crippen LogP contribution in [0.4, 0.5) is 0 Å². The molecule has 2 saturated heterocycles. The lowest BCUT2D eigenvalue weighted by Crippen LogP contribution is -2.52. The van der Waals surface area contributed by atoms with Gasteiger partial charge in [-0.25, -0.2) is 0 Å². The minimum Gasteiger partial charge on any atom is -0.356 e. The van der Waals surface area contributed by atoms with Gasteiger partial charge in [-0.05, 0) is 45.8 Å². The van der Waals surface area contributed by atoms with Crippen molar-refractivity contribution in [3.8, 4) is 0 Å². The Morgan fingerprint density at radius 3 is 2.75 bits per heavy atom. The molecule has 4 nitrogen and oxygen atoms in total. The van der Waals surface area contributed by atoms with Crippen LogP contribution in [-0.4, -0.2) is 50.6 Å². The lowest BCUT2D eigenvalue weighted by atomic mass is 9.72. The van der Waals surface area contributed by atoms with Gasteiger partial charge in [0.25, 0.3) is 0 Å². The van der Waals surface area contributed by atoms with Gasteiger partial charge in [0.05, 0.1) is 5.41 Å². The van der Waals surface area contributed by atoms with Crippen molar-refractivity contribution in [2.75, 3.05) is 39.8 Å². The van der Waals surface area contributed by atoms with Crippen LogP contribution in [0.3, 0.4) is 0 Å². The third-order valence-electron chi connectivity index (χ3n) is 4.09. The summed E-state index contributed by atoms with van der Waals surface area (Å²) in [5.41, 5.74) is -0.0195. The summed E-state index contributed by atoms with van der Waals surface area (Å²) >= 11 is 0. The fourth-order valence-corrected chi connectivity index (χ4v) is 2.88. The first-order valence-corrected chi connectivity index (χ1v) is 6.42. The molecular formula is C12H23N3O. The van der Waals surface area contributed by atoms with Crippen molar-refractivity contribution < 1.29 is 4.79 Å². The van der Waals surface area contributed by atoms with Crippen LogP contribution in [-0.2, 0) is 4.79 Å². The predicted molar refractivity (Wildman–Crippen MR) is 64.3 cm³/mol. The largest absolute Gasteiger partial charge is 0.356 e. The van der Waals surface area contributed by atoms with Crippen molar-refractivity contribution in [2.24, 2.45) is 5.41 Å². The van der Waals surface area contributed by atoms with E-state index in [0.29, 0.717) is 5.91 Å². The van der Waals surface area contributed by atoms with Crippen LogP contribution in [0.15, 0.2) is 0 Å². The molecule has 2 fully saturated rings. The Bertz CT molecular complexity index is 247. The van der Waals surface area contributed by atoms with E-state index >= 15 is 0 Å². The van der Waals surface area contributed by atoms with E-state index in [1.165, 1.54) is 0 Å². The molecule has 0 aliphatic carbocycles. The summed E-state index contributed by atoms with van der Waals surface area (Å²) in [5, 5.41) is 6.20. The molecule has 0 aromatic carbocycles. The first-order valence-electron chi connectivity index (χ1n) is 6.42. The highest BCUT2D eigenvalue weighted by atomic mass is 16.2. The number of carbonyl (C=O) groups is 1. The van der Waals surface area contributed by atoms with Crippen molar-refractivity contribution in [1.29, 1.82) is 0 Å². The molecule has 0 bridgehead atoms. The molecule has 0 aromatic rings. The molecule has 4 heteroatoms. The van der Waals surface area contributed by atoms with Gasteiger partial charge in [-0.15, -0.1) is 0 Å². The first kappa shape index (κ1) is 11.9. The maximum Gasteiger partial charge on any atom is 0.226 e. The molecule has 16 heavy (non-hydrogen) atoms. The Balaban J connectivity index is 1.85. The van der Waals surface area contributed by atoms with Crippen LogP contribution in [0.1, 0.15) is 25.7 Å². The molecule has 2 aliphatic rings. The molecule has 2 heterocycles. The van der Waals surface area contributed by atoms with E-state index in [2.05, 4.69) is 15.5 Å². The predicted octanol–water partition coefficient (Wildman–Crippen LogP) is 0.198. The van der Waals surface area contributed by atoms with E-state index in [4.69, 9.17) is 0 Å². The topological polar surface area (TPSA) is 44.4 Å². The maximum absolute atomic E-state index is 11.9. The monoisotopic (exact) mass is 225 g/mol. The number of nitrogens with one attached hydrogen (secondary N) is 2. The Kier molecular flexibility index (Phi) is 3.82. The van der Waals surface area contributed by atoms with E-state index in [0.717, 1.165) is 58.4 Å². The number of likely N-dealkylation sites (N-methyl/N-ethyl adjacent to an activating group) is 1. The van der Waals surface area contributed by atoms with Crippen LogP contribution in [0, 0.1) is 5.41 Å². The molecule has 0 atom stereocenters. The molecule has 0 radical (unpaired) electrons. The number of hydrogen-bond donors (Lipinski definition) is 2. The van der Waals surface area contributed by atoms with Crippen LogP contribution in [0.2, 0.25) is 0 Å². The van der Waals surface area contributed by atoms with Gasteiger partial charge in [0.2, 0.25) is 5.91 Å². The summed E-state index contributed by atoms with van der Waals surface area (Å²) in [5.74, 6) is 0.312. The average molecular weight is 225 g/mol.